The molecule has 3 aromatic rings. The number of fused-ring (bicyclic) bond motifs is 1. The van der Waals surface area contributed by atoms with E-state index >= 15 is 0 Å². The highest BCUT2D eigenvalue weighted by molar-refractivity contribution is 7.15. The van der Waals surface area contributed by atoms with E-state index in [2.05, 4.69) is 15.3 Å². The fourth-order valence-electron chi connectivity index (χ4n) is 3.32. The smallest absolute Gasteiger partial charge is 0.226 e. The first kappa shape index (κ1) is 17.0. The molecular formula is C18H20N4O3S. The van der Waals surface area contributed by atoms with Gasteiger partial charge in [0, 0.05) is 30.0 Å². The number of aliphatic hydroxyl groups is 1. The molecule has 1 fully saturated rings. The van der Waals surface area contributed by atoms with E-state index in [1.165, 1.54) is 11.3 Å². The van der Waals surface area contributed by atoms with Crippen LogP contribution in [0.25, 0.3) is 4.96 Å². The molecule has 0 spiro atoms. The van der Waals surface area contributed by atoms with Crippen molar-refractivity contribution in [3.63, 3.8) is 0 Å². The Bertz CT molecular complexity index is 870. The summed E-state index contributed by atoms with van der Waals surface area (Å²) in [6.07, 6.45) is 6.82. The second kappa shape index (κ2) is 7.05. The summed E-state index contributed by atoms with van der Waals surface area (Å²) < 4.78 is 7.02. The van der Waals surface area contributed by atoms with Gasteiger partial charge < -0.3 is 15.2 Å². The number of rotatable bonds is 6. The lowest BCUT2D eigenvalue weighted by molar-refractivity contribution is -0.122. The van der Waals surface area contributed by atoms with Crippen molar-refractivity contribution in [1.82, 2.24) is 19.7 Å². The third kappa shape index (κ3) is 3.42. The van der Waals surface area contributed by atoms with Gasteiger partial charge in [-0.25, -0.2) is 9.97 Å². The van der Waals surface area contributed by atoms with E-state index in [9.17, 15) is 9.90 Å². The summed E-state index contributed by atoms with van der Waals surface area (Å²) in [6.45, 7) is 0. The van der Waals surface area contributed by atoms with E-state index in [0.717, 1.165) is 16.2 Å². The van der Waals surface area contributed by atoms with Crippen molar-refractivity contribution in [2.24, 2.45) is 5.92 Å². The van der Waals surface area contributed by atoms with Crippen LogP contribution in [-0.4, -0.2) is 38.6 Å². The molecule has 8 heteroatoms. The number of imidazole rings is 1. The van der Waals surface area contributed by atoms with Gasteiger partial charge in [-0.1, -0.05) is 6.07 Å². The first-order chi connectivity index (χ1) is 12.6. The first-order valence-corrected chi connectivity index (χ1v) is 9.39. The number of hydrogen-bond donors (Lipinski definition) is 2. The van der Waals surface area contributed by atoms with E-state index in [0.29, 0.717) is 18.7 Å². The molecular weight excluding hydrogens is 352 g/mol. The molecule has 0 unspecified atom stereocenters. The van der Waals surface area contributed by atoms with Gasteiger partial charge in [0.2, 0.25) is 11.8 Å². The third-order valence-electron chi connectivity index (χ3n) is 4.75. The predicted molar refractivity (Wildman–Crippen MR) is 97.2 cm³/mol. The fourth-order valence-corrected chi connectivity index (χ4v) is 4.04. The number of methoxy groups -OCH3 is 1. The number of ether oxygens (including phenoxy) is 1. The number of nitrogens with one attached hydrogen (secondary N) is 1. The lowest BCUT2D eigenvalue weighted by atomic mass is 9.75. The number of thiazole rings is 1. The van der Waals surface area contributed by atoms with Gasteiger partial charge in [0.1, 0.15) is 0 Å². The minimum Gasteiger partial charge on any atom is -0.481 e. The average Bonchev–Trinajstić information content (AvgIpc) is 3.19. The molecule has 4 rings (SSSR count). The number of amides is 1. The maximum absolute atomic E-state index is 12.6. The first-order valence-electron chi connectivity index (χ1n) is 8.51. The topological polar surface area (TPSA) is 88.8 Å². The summed E-state index contributed by atoms with van der Waals surface area (Å²) in [5.74, 6) is 0.651. The summed E-state index contributed by atoms with van der Waals surface area (Å²) in [5.41, 5.74) is 1.66. The minimum atomic E-state index is -0.287. The van der Waals surface area contributed by atoms with Crippen molar-refractivity contribution in [3.8, 4) is 5.88 Å². The van der Waals surface area contributed by atoms with E-state index in [4.69, 9.17) is 4.74 Å². The molecule has 3 heterocycles. The molecule has 0 radical (unpaired) electrons. The van der Waals surface area contributed by atoms with Gasteiger partial charge in [-0.05, 0) is 24.3 Å². The summed E-state index contributed by atoms with van der Waals surface area (Å²) >= 11 is 1.54. The van der Waals surface area contributed by atoms with Gasteiger partial charge >= 0.3 is 0 Å². The van der Waals surface area contributed by atoms with E-state index in [-0.39, 0.29) is 30.4 Å². The third-order valence-corrected chi connectivity index (χ3v) is 5.52. The lowest BCUT2D eigenvalue weighted by Gasteiger charge is -2.38. The van der Waals surface area contributed by atoms with E-state index in [1.807, 2.05) is 28.2 Å². The van der Waals surface area contributed by atoms with Crippen LogP contribution in [0.15, 0.2) is 36.1 Å². The molecule has 1 aliphatic rings. The Labute approximate surface area is 154 Å². The summed E-state index contributed by atoms with van der Waals surface area (Å²) in [6, 6.07) is 3.52. The van der Waals surface area contributed by atoms with Crippen molar-refractivity contribution in [2.75, 3.05) is 7.11 Å². The highest BCUT2D eigenvalue weighted by Crippen LogP contribution is 2.38. The standard InChI is InChI=1S/C18H20N4O3S/c1-25-16-3-2-11(9-19-16)17(12-6-14(23)7-12)21-15(24)8-13-10-22-4-5-26-18(22)20-13/h2-5,9-10,12,14,17,23H,6-8H2,1H3,(H,21,24)/t12?,14?,17-/m0/s1. The van der Waals surface area contributed by atoms with Crippen molar-refractivity contribution in [3.05, 3.63) is 47.4 Å². The Morgan fingerprint density at radius 1 is 1.50 bits per heavy atom. The Morgan fingerprint density at radius 3 is 3.00 bits per heavy atom. The number of carbonyl (C=O) groups excluding carboxylic acids is 1. The zero-order valence-corrected chi connectivity index (χ0v) is 15.1. The van der Waals surface area contributed by atoms with E-state index < -0.39 is 0 Å². The quantitative estimate of drug-likeness (QED) is 0.691. The van der Waals surface area contributed by atoms with Gasteiger partial charge in [-0.2, -0.15) is 0 Å². The Balaban J connectivity index is 1.48. The predicted octanol–water partition coefficient (Wildman–Crippen LogP) is 1.97. The second-order valence-corrected chi connectivity index (χ2v) is 7.44. The summed E-state index contributed by atoms with van der Waals surface area (Å²) in [4.78, 5) is 22.2. The monoisotopic (exact) mass is 372 g/mol. The number of hydrogen-bond acceptors (Lipinski definition) is 6. The van der Waals surface area contributed by atoms with Crippen molar-refractivity contribution in [1.29, 1.82) is 0 Å². The molecule has 0 aliphatic heterocycles. The van der Waals surface area contributed by atoms with Crippen LogP contribution in [0.5, 0.6) is 5.88 Å². The Morgan fingerprint density at radius 2 is 2.35 bits per heavy atom. The largest absolute Gasteiger partial charge is 0.481 e. The summed E-state index contributed by atoms with van der Waals surface area (Å²) in [7, 11) is 1.57. The van der Waals surface area contributed by atoms with E-state index in [1.54, 1.807) is 19.4 Å². The molecule has 3 aromatic heterocycles. The van der Waals surface area contributed by atoms with Crippen molar-refractivity contribution in [2.45, 2.75) is 31.4 Å². The fraction of sp³-hybridized carbons (Fsp3) is 0.389. The van der Waals surface area contributed by atoms with Gasteiger partial charge in [-0.15, -0.1) is 11.3 Å². The number of aromatic nitrogens is 3. The van der Waals surface area contributed by atoms with Crippen LogP contribution in [0.3, 0.4) is 0 Å². The van der Waals surface area contributed by atoms with Crippen molar-refractivity contribution >= 4 is 22.2 Å². The molecule has 1 atom stereocenters. The molecule has 1 amide bonds. The van der Waals surface area contributed by atoms with Crippen LogP contribution < -0.4 is 10.1 Å². The average molecular weight is 372 g/mol. The highest BCUT2D eigenvalue weighted by atomic mass is 32.1. The summed E-state index contributed by atoms with van der Waals surface area (Å²) in [5, 5.41) is 14.7. The Kier molecular flexibility index (Phi) is 4.60. The second-order valence-electron chi connectivity index (χ2n) is 6.57. The normalized spacial score (nSPS) is 20.5. The molecule has 1 saturated carbocycles. The van der Waals surface area contributed by atoms with Gasteiger partial charge in [0.05, 0.1) is 31.4 Å². The van der Waals surface area contributed by atoms with Crippen LogP contribution in [-0.2, 0) is 11.2 Å². The van der Waals surface area contributed by atoms with Gasteiger partial charge in [-0.3, -0.25) is 9.20 Å². The minimum absolute atomic E-state index is 0.0852. The number of carbonyl (C=O) groups is 1. The zero-order valence-electron chi connectivity index (χ0n) is 14.3. The molecule has 26 heavy (non-hydrogen) atoms. The van der Waals surface area contributed by atoms with Crippen LogP contribution in [0.4, 0.5) is 0 Å². The SMILES string of the molecule is COc1ccc([C@H](NC(=O)Cc2cn3ccsc3n2)C2CC(O)C2)cn1. The molecule has 0 aromatic carbocycles. The zero-order chi connectivity index (χ0) is 18.1. The lowest BCUT2D eigenvalue weighted by Crippen LogP contribution is -2.42. The van der Waals surface area contributed by atoms with Gasteiger partial charge in [0.25, 0.3) is 0 Å². The molecule has 7 nitrogen and oxygen atoms in total. The number of pyridine rings is 1. The number of aliphatic hydroxyl groups excluding tert-OH is 1. The molecule has 0 bridgehead atoms. The molecule has 1 aliphatic carbocycles. The maximum atomic E-state index is 12.6. The molecule has 136 valence electrons. The maximum Gasteiger partial charge on any atom is 0.226 e. The van der Waals surface area contributed by atoms with Crippen molar-refractivity contribution < 1.29 is 14.6 Å². The number of nitrogens with zero attached hydrogens (tertiary/aromatic N) is 3. The molecule has 2 N–H and O–H groups in total. The van der Waals surface area contributed by atoms with Gasteiger partial charge in [0.15, 0.2) is 4.96 Å². The Hall–Kier alpha value is -2.45. The van der Waals surface area contributed by atoms with Crippen LogP contribution >= 0.6 is 11.3 Å². The van der Waals surface area contributed by atoms with Crippen LogP contribution in [0, 0.1) is 5.92 Å². The highest BCUT2D eigenvalue weighted by Gasteiger charge is 2.35. The van der Waals surface area contributed by atoms with Crippen LogP contribution in [0.1, 0.15) is 30.1 Å². The molecule has 0 saturated heterocycles. The van der Waals surface area contributed by atoms with Crippen LogP contribution in [0.2, 0.25) is 0 Å².